The van der Waals surface area contributed by atoms with Crippen molar-refractivity contribution in [1.29, 1.82) is 0 Å². The predicted molar refractivity (Wildman–Crippen MR) is 92.6 cm³/mol. The highest BCUT2D eigenvalue weighted by atomic mass is 32.2. The fourth-order valence-electron chi connectivity index (χ4n) is 3.97. The molecule has 1 N–H and O–H groups in total. The van der Waals surface area contributed by atoms with E-state index in [1.807, 2.05) is 0 Å². The molecule has 2 saturated carbocycles. The van der Waals surface area contributed by atoms with Crippen molar-refractivity contribution in [2.24, 2.45) is 11.8 Å². The Balaban J connectivity index is 1.71. The third-order valence-corrected chi connectivity index (χ3v) is 6.25. The van der Waals surface area contributed by atoms with Crippen molar-refractivity contribution in [3.8, 4) is 5.75 Å². The van der Waals surface area contributed by atoms with Gasteiger partial charge in [0, 0.05) is 12.1 Å². The van der Waals surface area contributed by atoms with E-state index in [1.54, 1.807) is 24.3 Å². The van der Waals surface area contributed by atoms with Crippen LogP contribution in [0.2, 0.25) is 0 Å². The number of carbonyl (C=O) groups is 1. The largest absolute Gasteiger partial charge is 0.497 e. The molecule has 1 aromatic rings. The number of amides is 1. The highest BCUT2D eigenvalue weighted by molar-refractivity contribution is 7.92. The van der Waals surface area contributed by atoms with Crippen molar-refractivity contribution in [3.05, 3.63) is 24.3 Å². The second-order valence-corrected chi connectivity index (χ2v) is 8.73. The highest BCUT2D eigenvalue weighted by Crippen LogP contribution is 2.44. The molecule has 3 atom stereocenters. The smallest absolute Gasteiger partial charge is 0.241 e. The van der Waals surface area contributed by atoms with E-state index in [4.69, 9.17) is 4.74 Å². The lowest BCUT2D eigenvalue weighted by molar-refractivity contribution is -0.120. The number of ether oxygens (including phenoxy) is 1. The van der Waals surface area contributed by atoms with Crippen LogP contribution >= 0.6 is 0 Å². The van der Waals surface area contributed by atoms with Gasteiger partial charge in [0.15, 0.2) is 0 Å². The molecule has 7 heteroatoms. The molecule has 0 saturated heterocycles. The molecule has 1 aromatic carbocycles. The maximum Gasteiger partial charge on any atom is 0.241 e. The summed E-state index contributed by atoms with van der Waals surface area (Å²) in [7, 11) is -2.05. The first-order valence-electron chi connectivity index (χ1n) is 8.28. The second kappa shape index (κ2) is 6.63. The Morgan fingerprint density at radius 1 is 1.33 bits per heavy atom. The zero-order valence-electron chi connectivity index (χ0n) is 14.1. The fourth-order valence-corrected chi connectivity index (χ4v) is 4.82. The van der Waals surface area contributed by atoms with Gasteiger partial charge in [0.25, 0.3) is 0 Å². The van der Waals surface area contributed by atoms with Crippen LogP contribution in [0, 0.1) is 11.8 Å². The summed E-state index contributed by atoms with van der Waals surface area (Å²) in [6.45, 7) is -0.208. The minimum absolute atomic E-state index is 0.197. The van der Waals surface area contributed by atoms with Gasteiger partial charge in [0.2, 0.25) is 15.9 Å². The van der Waals surface area contributed by atoms with Crippen molar-refractivity contribution < 1.29 is 17.9 Å². The van der Waals surface area contributed by atoms with Crippen LogP contribution in [0.15, 0.2) is 24.3 Å². The molecule has 0 aliphatic heterocycles. The lowest BCUT2D eigenvalue weighted by atomic mass is 9.95. The summed E-state index contributed by atoms with van der Waals surface area (Å²) in [6.07, 6.45) is 5.75. The van der Waals surface area contributed by atoms with Crippen LogP contribution in [0.1, 0.15) is 25.7 Å². The summed E-state index contributed by atoms with van der Waals surface area (Å²) in [5.74, 6) is 1.59. The minimum Gasteiger partial charge on any atom is -0.497 e. The Hall–Kier alpha value is -1.76. The molecule has 0 aromatic heterocycles. The van der Waals surface area contributed by atoms with E-state index in [9.17, 15) is 13.2 Å². The van der Waals surface area contributed by atoms with Crippen LogP contribution in [0.3, 0.4) is 0 Å². The number of hydrogen-bond donors (Lipinski definition) is 1. The van der Waals surface area contributed by atoms with Crippen LogP contribution in [0.4, 0.5) is 5.69 Å². The first kappa shape index (κ1) is 17.1. The van der Waals surface area contributed by atoms with Crippen molar-refractivity contribution in [2.45, 2.75) is 31.7 Å². The Morgan fingerprint density at radius 3 is 2.71 bits per heavy atom. The van der Waals surface area contributed by atoms with Crippen molar-refractivity contribution in [2.75, 3.05) is 24.2 Å². The normalized spacial score (nSPS) is 25.5. The monoisotopic (exact) mass is 352 g/mol. The zero-order chi connectivity index (χ0) is 17.3. The molecule has 2 aliphatic rings. The first-order chi connectivity index (χ1) is 11.4. The summed E-state index contributed by atoms with van der Waals surface area (Å²) in [5, 5.41) is 3.03. The molecule has 0 unspecified atom stereocenters. The number of anilines is 1. The maximum absolute atomic E-state index is 12.4. The van der Waals surface area contributed by atoms with Gasteiger partial charge in [0.1, 0.15) is 12.3 Å². The predicted octanol–water partition coefficient (Wildman–Crippen LogP) is 1.77. The Bertz CT molecular complexity index is 719. The third-order valence-electron chi connectivity index (χ3n) is 5.11. The molecule has 0 heterocycles. The number of nitrogens with one attached hydrogen (secondary N) is 1. The average Bonchev–Trinajstić information content (AvgIpc) is 3.14. The van der Waals surface area contributed by atoms with Crippen molar-refractivity contribution >= 4 is 21.6 Å². The number of carbonyl (C=O) groups excluding carboxylic acids is 1. The number of methoxy groups -OCH3 is 1. The third kappa shape index (κ3) is 3.66. The molecule has 1 amide bonds. The molecular formula is C17H24N2O4S. The topological polar surface area (TPSA) is 75.7 Å². The van der Waals surface area contributed by atoms with Crippen LogP contribution in [-0.2, 0) is 14.8 Å². The van der Waals surface area contributed by atoms with E-state index in [0.717, 1.165) is 22.9 Å². The van der Waals surface area contributed by atoms with Gasteiger partial charge in [-0.2, -0.15) is 0 Å². The quantitative estimate of drug-likeness (QED) is 0.846. The van der Waals surface area contributed by atoms with E-state index >= 15 is 0 Å². The van der Waals surface area contributed by atoms with Gasteiger partial charge >= 0.3 is 0 Å². The number of sulfonamides is 1. The van der Waals surface area contributed by atoms with Crippen LogP contribution in [0.25, 0.3) is 0 Å². The van der Waals surface area contributed by atoms with Gasteiger partial charge in [-0.25, -0.2) is 8.42 Å². The number of benzene rings is 1. The summed E-state index contributed by atoms with van der Waals surface area (Å²) >= 11 is 0. The molecule has 2 aliphatic carbocycles. The van der Waals surface area contributed by atoms with Crippen LogP contribution in [0.5, 0.6) is 5.75 Å². The fraction of sp³-hybridized carbons (Fsp3) is 0.588. The standard InChI is InChI=1S/C17H24N2O4S/c1-23-15-5-3-4-14(10-15)19(24(2,21)22)11-17(20)18-16-9-12-6-7-13(16)8-12/h3-5,10,12-13,16H,6-9,11H2,1-2H3,(H,18,20)/t12-,13-,16-/m0/s1. The average molecular weight is 352 g/mol. The Morgan fingerprint density at radius 2 is 2.12 bits per heavy atom. The van der Waals surface area contributed by atoms with E-state index < -0.39 is 10.0 Å². The second-order valence-electron chi connectivity index (χ2n) is 6.82. The lowest BCUT2D eigenvalue weighted by Gasteiger charge is -2.26. The number of rotatable bonds is 6. The van der Waals surface area contributed by atoms with E-state index in [2.05, 4.69) is 5.32 Å². The molecular weight excluding hydrogens is 328 g/mol. The van der Waals surface area contributed by atoms with E-state index in [-0.39, 0.29) is 18.5 Å². The summed E-state index contributed by atoms with van der Waals surface area (Å²) < 4.78 is 30.5. The van der Waals surface area contributed by atoms with Gasteiger partial charge in [-0.1, -0.05) is 12.5 Å². The molecule has 132 valence electrons. The Kier molecular flexibility index (Phi) is 4.71. The molecule has 0 radical (unpaired) electrons. The summed E-state index contributed by atoms with van der Waals surface area (Å²) in [6, 6.07) is 6.92. The van der Waals surface area contributed by atoms with Gasteiger partial charge in [-0.15, -0.1) is 0 Å². The van der Waals surface area contributed by atoms with E-state index in [0.29, 0.717) is 17.4 Å². The number of hydrogen-bond acceptors (Lipinski definition) is 4. The molecule has 2 bridgehead atoms. The molecule has 2 fully saturated rings. The molecule has 0 spiro atoms. The van der Waals surface area contributed by atoms with Gasteiger partial charge in [-0.05, 0) is 43.2 Å². The molecule has 24 heavy (non-hydrogen) atoms. The lowest BCUT2D eigenvalue weighted by Crippen LogP contribution is -2.45. The number of nitrogens with zero attached hydrogens (tertiary/aromatic N) is 1. The summed E-state index contributed by atoms with van der Waals surface area (Å²) in [4.78, 5) is 12.4. The molecule has 6 nitrogen and oxygen atoms in total. The van der Waals surface area contributed by atoms with Gasteiger partial charge in [0.05, 0.1) is 19.1 Å². The molecule has 3 rings (SSSR count). The van der Waals surface area contributed by atoms with E-state index in [1.165, 1.54) is 26.4 Å². The zero-order valence-corrected chi connectivity index (χ0v) is 14.9. The Labute approximate surface area is 143 Å². The van der Waals surface area contributed by atoms with Crippen molar-refractivity contribution in [3.63, 3.8) is 0 Å². The highest BCUT2D eigenvalue weighted by Gasteiger charge is 2.40. The van der Waals surface area contributed by atoms with Gasteiger partial charge in [-0.3, -0.25) is 9.10 Å². The minimum atomic E-state index is -3.56. The van der Waals surface area contributed by atoms with Crippen LogP contribution < -0.4 is 14.4 Å². The van der Waals surface area contributed by atoms with Gasteiger partial charge < -0.3 is 10.1 Å². The summed E-state index contributed by atoms with van der Waals surface area (Å²) in [5.41, 5.74) is 0.431. The number of fused-ring (bicyclic) bond motifs is 2. The van der Waals surface area contributed by atoms with Crippen LogP contribution in [-0.4, -0.2) is 40.3 Å². The maximum atomic E-state index is 12.4. The SMILES string of the molecule is COc1cccc(N(CC(=O)N[C@H]2C[C@H]3CC[C@H]2C3)S(C)(=O)=O)c1. The van der Waals surface area contributed by atoms with Crippen molar-refractivity contribution in [1.82, 2.24) is 5.32 Å². The first-order valence-corrected chi connectivity index (χ1v) is 10.1.